The van der Waals surface area contributed by atoms with Crippen LogP contribution in [0.1, 0.15) is 44.8 Å². The van der Waals surface area contributed by atoms with Gasteiger partial charge in [-0.15, -0.1) is 0 Å². The van der Waals surface area contributed by atoms with E-state index in [1.807, 2.05) is 24.0 Å². The van der Waals surface area contributed by atoms with Gasteiger partial charge in [-0.1, -0.05) is 0 Å². The van der Waals surface area contributed by atoms with Crippen molar-refractivity contribution in [3.8, 4) is 0 Å². The van der Waals surface area contributed by atoms with Crippen LogP contribution in [0.25, 0.3) is 0 Å². The molecule has 1 aliphatic carbocycles. The zero-order chi connectivity index (χ0) is 22.3. The van der Waals surface area contributed by atoms with Gasteiger partial charge in [-0.2, -0.15) is 0 Å². The number of hydrogen-bond donors (Lipinski definition) is 2. The summed E-state index contributed by atoms with van der Waals surface area (Å²) in [7, 11) is 0. The summed E-state index contributed by atoms with van der Waals surface area (Å²) in [6.45, 7) is 5.73. The fourth-order valence-corrected chi connectivity index (χ4v) is 4.42. The predicted octanol–water partition coefficient (Wildman–Crippen LogP) is 1.99. The third-order valence-electron chi connectivity index (χ3n) is 6.34. The molecule has 2 aliphatic heterocycles. The molecule has 2 amide bonds. The van der Waals surface area contributed by atoms with E-state index >= 15 is 0 Å². The Kier molecular flexibility index (Phi) is 7.55. The van der Waals surface area contributed by atoms with Gasteiger partial charge in [0, 0.05) is 63.6 Å². The average molecular weight is 446 g/mol. The number of nitrogens with one attached hydrogen (secondary N) is 2. The highest BCUT2D eigenvalue weighted by atomic mass is 16.6. The van der Waals surface area contributed by atoms with Gasteiger partial charge in [-0.05, 0) is 44.7 Å². The fraction of sp³-hybridized carbons (Fsp3) is 0.696. The summed E-state index contributed by atoms with van der Waals surface area (Å²) in [5.74, 6) is 2.25. The number of nitrogens with zero attached hydrogens (tertiary/aromatic N) is 3. The SMILES string of the molecule is CCOC(=O)N1CCC(NC(=NCC2CC(=O)N(C3CC3)C2)NCCc2ccco2)CC1. The van der Waals surface area contributed by atoms with Crippen molar-refractivity contribution in [1.29, 1.82) is 0 Å². The molecule has 9 heteroatoms. The Labute approximate surface area is 189 Å². The van der Waals surface area contributed by atoms with Crippen molar-refractivity contribution < 1.29 is 18.7 Å². The van der Waals surface area contributed by atoms with Crippen molar-refractivity contribution in [2.24, 2.45) is 10.9 Å². The number of amides is 2. The second-order valence-electron chi connectivity index (χ2n) is 8.90. The number of piperidine rings is 1. The van der Waals surface area contributed by atoms with E-state index in [9.17, 15) is 9.59 Å². The molecular formula is C23H35N5O4. The first-order chi connectivity index (χ1) is 15.6. The van der Waals surface area contributed by atoms with Crippen LogP contribution in [0.4, 0.5) is 4.79 Å². The lowest BCUT2D eigenvalue weighted by Crippen LogP contribution is -2.50. The van der Waals surface area contributed by atoms with Gasteiger partial charge in [0.05, 0.1) is 12.9 Å². The van der Waals surface area contributed by atoms with Crippen molar-refractivity contribution >= 4 is 18.0 Å². The summed E-state index contributed by atoms with van der Waals surface area (Å²) in [5, 5.41) is 6.96. The lowest BCUT2D eigenvalue weighted by atomic mass is 10.1. The third kappa shape index (κ3) is 6.17. The Morgan fingerprint density at radius 1 is 1.28 bits per heavy atom. The van der Waals surface area contributed by atoms with Crippen molar-refractivity contribution in [2.75, 3.05) is 39.3 Å². The molecule has 176 valence electrons. The Hall–Kier alpha value is -2.71. The number of rotatable bonds is 8. The number of ether oxygens (including phenoxy) is 1. The largest absolute Gasteiger partial charge is 0.469 e. The predicted molar refractivity (Wildman–Crippen MR) is 120 cm³/mol. The molecule has 0 spiro atoms. The van der Waals surface area contributed by atoms with Gasteiger partial charge in [-0.3, -0.25) is 9.79 Å². The minimum Gasteiger partial charge on any atom is -0.469 e. The summed E-state index contributed by atoms with van der Waals surface area (Å²) in [4.78, 5) is 32.8. The highest BCUT2D eigenvalue weighted by molar-refractivity contribution is 5.81. The highest BCUT2D eigenvalue weighted by Gasteiger charge is 2.39. The zero-order valence-corrected chi connectivity index (χ0v) is 18.9. The molecule has 1 unspecified atom stereocenters. The van der Waals surface area contributed by atoms with Crippen LogP contribution in [0.5, 0.6) is 0 Å². The Morgan fingerprint density at radius 2 is 2.09 bits per heavy atom. The molecule has 2 N–H and O–H groups in total. The molecule has 32 heavy (non-hydrogen) atoms. The van der Waals surface area contributed by atoms with Crippen LogP contribution in [0.15, 0.2) is 27.8 Å². The Bertz CT molecular complexity index is 784. The Morgan fingerprint density at radius 3 is 2.78 bits per heavy atom. The van der Waals surface area contributed by atoms with E-state index in [2.05, 4.69) is 10.6 Å². The lowest BCUT2D eigenvalue weighted by molar-refractivity contribution is -0.128. The molecule has 1 aromatic rings. The molecule has 3 heterocycles. The highest BCUT2D eigenvalue weighted by Crippen LogP contribution is 2.32. The second kappa shape index (κ2) is 10.7. The normalized spacial score (nSPS) is 22.3. The zero-order valence-electron chi connectivity index (χ0n) is 18.9. The average Bonchev–Trinajstić information content (AvgIpc) is 3.36. The maximum Gasteiger partial charge on any atom is 0.409 e. The van der Waals surface area contributed by atoms with E-state index in [-0.39, 0.29) is 24.0 Å². The number of carbonyl (C=O) groups is 2. The summed E-state index contributed by atoms with van der Waals surface area (Å²) in [6, 6.07) is 4.57. The summed E-state index contributed by atoms with van der Waals surface area (Å²) < 4.78 is 10.5. The van der Waals surface area contributed by atoms with E-state index in [4.69, 9.17) is 14.1 Å². The minimum absolute atomic E-state index is 0.234. The molecule has 1 aromatic heterocycles. The van der Waals surface area contributed by atoms with Gasteiger partial charge in [0.15, 0.2) is 5.96 Å². The smallest absolute Gasteiger partial charge is 0.409 e. The standard InChI is InChI=1S/C23H35N5O4/c1-2-31-23(30)27-11-8-18(9-12-27)26-22(24-10-7-20-4-3-13-32-20)25-15-17-14-21(29)28(16-17)19-5-6-19/h3-4,13,17-19H,2,5-12,14-16H2,1H3,(H2,24,25,26). The molecule has 9 nitrogen and oxygen atoms in total. The summed E-state index contributed by atoms with van der Waals surface area (Å²) >= 11 is 0. The fourth-order valence-electron chi connectivity index (χ4n) is 4.42. The molecule has 4 rings (SSSR count). The second-order valence-corrected chi connectivity index (χ2v) is 8.90. The van der Waals surface area contributed by atoms with Gasteiger partial charge >= 0.3 is 6.09 Å². The number of carbonyl (C=O) groups excluding carboxylic acids is 2. The molecule has 2 saturated heterocycles. The van der Waals surface area contributed by atoms with E-state index < -0.39 is 0 Å². The van der Waals surface area contributed by atoms with Crippen LogP contribution >= 0.6 is 0 Å². The van der Waals surface area contributed by atoms with Crippen molar-refractivity contribution in [3.05, 3.63) is 24.2 Å². The molecule has 0 bridgehead atoms. The first kappa shape index (κ1) is 22.5. The van der Waals surface area contributed by atoms with Gasteiger partial charge in [-0.25, -0.2) is 4.79 Å². The first-order valence-corrected chi connectivity index (χ1v) is 11.9. The minimum atomic E-state index is -0.234. The number of furan rings is 1. The maximum atomic E-state index is 12.3. The molecule has 1 saturated carbocycles. The molecule has 0 radical (unpaired) electrons. The third-order valence-corrected chi connectivity index (χ3v) is 6.34. The number of hydrogen-bond acceptors (Lipinski definition) is 5. The van der Waals surface area contributed by atoms with Crippen molar-refractivity contribution in [3.63, 3.8) is 0 Å². The molecule has 3 fully saturated rings. The van der Waals surface area contributed by atoms with Crippen LogP contribution < -0.4 is 10.6 Å². The van der Waals surface area contributed by atoms with Crippen LogP contribution in [0, 0.1) is 5.92 Å². The maximum absolute atomic E-state index is 12.3. The molecular weight excluding hydrogens is 410 g/mol. The number of likely N-dealkylation sites (tertiary alicyclic amines) is 2. The summed E-state index contributed by atoms with van der Waals surface area (Å²) in [5.41, 5.74) is 0. The van der Waals surface area contributed by atoms with Crippen molar-refractivity contribution in [1.82, 2.24) is 20.4 Å². The Balaban J connectivity index is 1.29. The number of aliphatic imine (C=N–C) groups is 1. The van der Waals surface area contributed by atoms with E-state index in [1.165, 1.54) is 0 Å². The van der Waals surface area contributed by atoms with Crippen molar-refractivity contribution in [2.45, 2.75) is 57.5 Å². The topological polar surface area (TPSA) is 99.4 Å². The van der Waals surface area contributed by atoms with E-state index in [1.54, 1.807) is 11.2 Å². The van der Waals surface area contributed by atoms with Gasteiger partial charge in [0.1, 0.15) is 5.76 Å². The van der Waals surface area contributed by atoms with Gasteiger partial charge in [0.2, 0.25) is 5.91 Å². The first-order valence-electron chi connectivity index (χ1n) is 11.9. The van der Waals surface area contributed by atoms with Crippen LogP contribution in [-0.4, -0.2) is 79.2 Å². The van der Waals surface area contributed by atoms with Gasteiger partial charge in [0.25, 0.3) is 0 Å². The molecule has 0 aromatic carbocycles. The van der Waals surface area contributed by atoms with Crippen LogP contribution in [-0.2, 0) is 16.0 Å². The summed E-state index contributed by atoms with van der Waals surface area (Å²) in [6.07, 6.45) is 6.79. The van der Waals surface area contributed by atoms with E-state index in [0.717, 1.165) is 50.4 Å². The molecule has 3 aliphatic rings. The van der Waals surface area contributed by atoms with Crippen LogP contribution in [0.2, 0.25) is 0 Å². The van der Waals surface area contributed by atoms with Crippen LogP contribution in [0.3, 0.4) is 0 Å². The van der Waals surface area contributed by atoms with E-state index in [0.29, 0.717) is 45.2 Å². The quantitative estimate of drug-likeness (QED) is 0.469. The lowest BCUT2D eigenvalue weighted by Gasteiger charge is -2.32. The molecule has 1 atom stereocenters. The monoisotopic (exact) mass is 445 g/mol. The van der Waals surface area contributed by atoms with Gasteiger partial charge < -0.3 is 29.6 Å². The number of guanidine groups is 1.